The van der Waals surface area contributed by atoms with Gasteiger partial charge in [0.1, 0.15) is 5.37 Å². The molecule has 132 valence electrons. The number of amides is 3. The lowest BCUT2D eigenvalue weighted by Crippen LogP contribution is -2.44. The molecule has 0 aromatic heterocycles. The van der Waals surface area contributed by atoms with Gasteiger partial charge in [-0.2, -0.15) is 0 Å². The van der Waals surface area contributed by atoms with E-state index in [-0.39, 0.29) is 22.6 Å². The van der Waals surface area contributed by atoms with Crippen molar-refractivity contribution in [3.63, 3.8) is 0 Å². The molecular weight excluding hydrogens is 322 g/mol. The van der Waals surface area contributed by atoms with Crippen LogP contribution < -0.4 is 5.32 Å². The van der Waals surface area contributed by atoms with Crippen LogP contribution in [0.25, 0.3) is 0 Å². The van der Waals surface area contributed by atoms with Crippen LogP contribution in [-0.4, -0.2) is 53.2 Å². The second-order valence-corrected chi connectivity index (χ2v) is 7.36. The number of urea groups is 1. The van der Waals surface area contributed by atoms with Gasteiger partial charge < -0.3 is 15.1 Å². The van der Waals surface area contributed by atoms with Crippen LogP contribution in [0.3, 0.4) is 0 Å². The molecule has 1 fully saturated rings. The third-order valence-corrected chi connectivity index (χ3v) is 5.69. The van der Waals surface area contributed by atoms with Gasteiger partial charge in [0.05, 0.1) is 5.25 Å². The van der Waals surface area contributed by atoms with Crippen molar-refractivity contribution in [1.82, 2.24) is 15.1 Å². The van der Waals surface area contributed by atoms with Crippen molar-refractivity contribution in [3.8, 4) is 0 Å². The molecule has 1 saturated heterocycles. The van der Waals surface area contributed by atoms with Gasteiger partial charge in [-0.3, -0.25) is 4.79 Å². The standard InChI is InChI=1S/C18H27N3O2S/c1-5-19-18(23)20(6-2)11-12-21-16(22)14(4)24-17(21)15-10-8-7-9-13(15)3/h7-10,14,17H,5-6,11-12H2,1-4H3,(H,19,23). The second-order valence-electron chi connectivity index (χ2n) is 5.93. The lowest BCUT2D eigenvalue weighted by molar-refractivity contribution is -0.129. The fraction of sp³-hybridized carbons (Fsp3) is 0.556. The first kappa shape index (κ1) is 18.6. The first-order valence-electron chi connectivity index (χ1n) is 8.53. The van der Waals surface area contributed by atoms with Crippen LogP contribution in [-0.2, 0) is 4.79 Å². The Morgan fingerprint density at radius 3 is 2.67 bits per heavy atom. The number of carbonyl (C=O) groups is 2. The van der Waals surface area contributed by atoms with E-state index in [9.17, 15) is 9.59 Å². The van der Waals surface area contributed by atoms with Crippen molar-refractivity contribution in [2.75, 3.05) is 26.2 Å². The van der Waals surface area contributed by atoms with Crippen molar-refractivity contribution in [1.29, 1.82) is 0 Å². The Bertz CT molecular complexity index is 593. The van der Waals surface area contributed by atoms with Crippen molar-refractivity contribution < 1.29 is 9.59 Å². The first-order chi connectivity index (χ1) is 11.5. The SMILES string of the molecule is CCNC(=O)N(CC)CCN1C(=O)C(C)SC1c1ccccc1C. The fourth-order valence-electron chi connectivity index (χ4n) is 2.90. The van der Waals surface area contributed by atoms with Crippen LogP contribution in [0.15, 0.2) is 24.3 Å². The summed E-state index contributed by atoms with van der Waals surface area (Å²) in [5.74, 6) is 0.153. The van der Waals surface area contributed by atoms with Gasteiger partial charge in [-0.1, -0.05) is 24.3 Å². The van der Waals surface area contributed by atoms with Gasteiger partial charge in [-0.25, -0.2) is 4.79 Å². The first-order valence-corrected chi connectivity index (χ1v) is 9.48. The Morgan fingerprint density at radius 2 is 2.04 bits per heavy atom. The molecule has 2 rings (SSSR count). The predicted octanol–water partition coefficient (Wildman–Crippen LogP) is 3.01. The quantitative estimate of drug-likeness (QED) is 0.859. The molecule has 1 aromatic carbocycles. The Kier molecular flexibility index (Phi) is 6.54. The van der Waals surface area contributed by atoms with Gasteiger partial charge in [0, 0.05) is 26.2 Å². The lowest BCUT2D eigenvalue weighted by atomic mass is 10.1. The van der Waals surface area contributed by atoms with E-state index in [1.54, 1.807) is 16.7 Å². The molecule has 3 amide bonds. The van der Waals surface area contributed by atoms with E-state index in [0.29, 0.717) is 26.2 Å². The zero-order valence-corrected chi connectivity index (χ0v) is 15.7. The molecule has 5 nitrogen and oxygen atoms in total. The fourth-order valence-corrected chi connectivity index (χ4v) is 4.31. The summed E-state index contributed by atoms with van der Waals surface area (Å²) in [6, 6.07) is 8.13. The minimum atomic E-state index is -0.0696. The minimum Gasteiger partial charge on any atom is -0.338 e. The van der Waals surface area contributed by atoms with Crippen molar-refractivity contribution in [2.45, 2.75) is 38.3 Å². The number of hydrogen-bond acceptors (Lipinski definition) is 3. The van der Waals surface area contributed by atoms with Crippen LogP contribution in [0, 0.1) is 6.92 Å². The Balaban J connectivity index is 2.12. The molecule has 2 atom stereocenters. The average Bonchev–Trinajstić information content (AvgIpc) is 2.84. The number of rotatable bonds is 6. The molecule has 1 heterocycles. The van der Waals surface area contributed by atoms with Crippen LogP contribution in [0.2, 0.25) is 0 Å². The highest BCUT2D eigenvalue weighted by atomic mass is 32.2. The summed E-state index contributed by atoms with van der Waals surface area (Å²) >= 11 is 1.68. The van der Waals surface area contributed by atoms with Crippen molar-refractivity contribution in [2.24, 2.45) is 0 Å². The van der Waals surface area contributed by atoms with E-state index in [1.807, 2.05) is 37.8 Å². The summed E-state index contributed by atoms with van der Waals surface area (Å²) in [5, 5.41) is 2.80. The number of hydrogen-bond donors (Lipinski definition) is 1. The van der Waals surface area contributed by atoms with Gasteiger partial charge in [0.15, 0.2) is 0 Å². The number of likely N-dealkylation sites (N-methyl/N-ethyl adjacent to an activating group) is 1. The maximum absolute atomic E-state index is 12.6. The van der Waals surface area contributed by atoms with E-state index in [2.05, 4.69) is 24.4 Å². The Hall–Kier alpha value is -1.69. The molecule has 2 unspecified atom stereocenters. The van der Waals surface area contributed by atoms with E-state index in [4.69, 9.17) is 0 Å². The lowest BCUT2D eigenvalue weighted by Gasteiger charge is -2.29. The van der Waals surface area contributed by atoms with E-state index in [1.165, 1.54) is 11.1 Å². The molecule has 0 radical (unpaired) electrons. The molecule has 1 aromatic rings. The maximum Gasteiger partial charge on any atom is 0.317 e. The summed E-state index contributed by atoms with van der Waals surface area (Å²) in [4.78, 5) is 28.3. The molecule has 0 spiro atoms. The van der Waals surface area contributed by atoms with E-state index >= 15 is 0 Å². The largest absolute Gasteiger partial charge is 0.338 e. The maximum atomic E-state index is 12.6. The molecule has 1 aliphatic heterocycles. The van der Waals surface area contributed by atoms with Gasteiger partial charge in [-0.15, -0.1) is 11.8 Å². The molecule has 0 aliphatic carbocycles. The highest BCUT2D eigenvalue weighted by Gasteiger charge is 2.38. The number of thioether (sulfide) groups is 1. The topological polar surface area (TPSA) is 52.7 Å². The number of carbonyl (C=O) groups excluding carboxylic acids is 2. The highest BCUT2D eigenvalue weighted by molar-refractivity contribution is 8.01. The number of nitrogens with one attached hydrogen (secondary N) is 1. The van der Waals surface area contributed by atoms with E-state index < -0.39 is 0 Å². The predicted molar refractivity (Wildman–Crippen MR) is 99.0 cm³/mol. The smallest absolute Gasteiger partial charge is 0.317 e. The molecule has 6 heteroatoms. The van der Waals surface area contributed by atoms with Crippen molar-refractivity contribution >= 4 is 23.7 Å². The third-order valence-electron chi connectivity index (χ3n) is 4.31. The van der Waals surface area contributed by atoms with Crippen LogP contribution >= 0.6 is 11.8 Å². The molecule has 0 bridgehead atoms. The molecule has 0 saturated carbocycles. The molecule has 1 N–H and O–H groups in total. The summed E-state index contributed by atoms with van der Waals surface area (Å²) in [6.45, 7) is 10.2. The van der Waals surface area contributed by atoms with Crippen LogP contribution in [0.1, 0.15) is 37.3 Å². The van der Waals surface area contributed by atoms with E-state index in [0.717, 1.165) is 0 Å². The van der Waals surface area contributed by atoms with Gasteiger partial charge in [-0.05, 0) is 38.8 Å². The third kappa shape index (κ3) is 4.04. The summed E-state index contributed by atoms with van der Waals surface area (Å²) < 4.78 is 0. The summed E-state index contributed by atoms with van der Waals surface area (Å²) in [7, 11) is 0. The Morgan fingerprint density at radius 1 is 1.33 bits per heavy atom. The highest BCUT2D eigenvalue weighted by Crippen LogP contribution is 2.43. The summed E-state index contributed by atoms with van der Waals surface area (Å²) in [5.41, 5.74) is 2.37. The zero-order valence-electron chi connectivity index (χ0n) is 14.9. The van der Waals surface area contributed by atoms with Gasteiger partial charge >= 0.3 is 6.03 Å². The molecule has 24 heavy (non-hydrogen) atoms. The molecule has 1 aliphatic rings. The van der Waals surface area contributed by atoms with Gasteiger partial charge in [0.2, 0.25) is 5.91 Å². The zero-order chi connectivity index (χ0) is 17.7. The normalized spacial score (nSPS) is 20.3. The number of nitrogens with zero attached hydrogens (tertiary/aromatic N) is 2. The minimum absolute atomic E-state index is 0.0293. The molecular formula is C18H27N3O2S. The number of aryl methyl sites for hydroxylation is 1. The Labute approximate surface area is 148 Å². The van der Waals surface area contributed by atoms with Crippen LogP contribution in [0.4, 0.5) is 4.79 Å². The number of benzene rings is 1. The average molecular weight is 350 g/mol. The monoisotopic (exact) mass is 349 g/mol. The second kappa shape index (κ2) is 8.42. The van der Waals surface area contributed by atoms with Crippen molar-refractivity contribution in [3.05, 3.63) is 35.4 Å². The van der Waals surface area contributed by atoms with Crippen LogP contribution in [0.5, 0.6) is 0 Å². The van der Waals surface area contributed by atoms with Gasteiger partial charge in [0.25, 0.3) is 0 Å². The summed E-state index contributed by atoms with van der Waals surface area (Å²) in [6.07, 6.45) is 0.